The summed E-state index contributed by atoms with van der Waals surface area (Å²) in [5.74, 6) is 1.62. The summed E-state index contributed by atoms with van der Waals surface area (Å²) in [6, 6.07) is 8.41. The maximum Gasteiger partial charge on any atom is 0.291 e. The number of anilines is 1. The first kappa shape index (κ1) is 14.9. The minimum absolute atomic E-state index is 0.212. The lowest BCUT2D eigenvalue weighted by molar-refractivity contribution is 0.0987. The highest BCUT2D eigenvalue weighted by molar-refractivity contribution is 6.02. The lowest BCUT2D eigenvalue weighted by Crippen LogP contribution is -2.11. The van der Waals surface area contributed by atoms with Gasteiger partial charge in [0.05, 0.1) is 14.2 Å². The maximum absolute atomic E-state index is 12.1. The topological polar surface area (TPSA) is 69.9 Å². The van der Waals surface area contributed by atoms with E-state index in [-0.39, 0.29) is 11.7 Å². The number of ether oxygens (including phenoxy) is 3. The third-order valence-corrected chi connectivity index (χ3v) is 2.78. The van der Waals surface area contributed by atoms with Crippen molar-refractivity contribution in [2.24, 2.45) is 0 Å². The van der Waals surface area contributed by atoms with Gasteiger partial charge in [0.1, 0.15) is 23.9 Å². The van der Waals surface area contributed by atoms with E-state index in [0.29, 0.717) is 29.6 Å². The minimum Gasteiger partial charge on any atom is -0.497 e. The summed E-state index contributed by atoms with van der Waals surface area (Å²) in [5, 5.41) is 2.73. The Morgan fingerprint density at radius 1 is 1.10 bits per heavy atom. The molecule has 0 fully saturated rings. The second-order valence-corrected chi connectivity index (χ2v) is 4.25. The monoisotopic (exact) mass is 291 g/mol. The van der Waals surface area contributed by atoms with E-state index in [1.54, 1.807) is 51.7 Å². The molecule has 21 heavy (non-hydrogen) atoms. The van der Waals surface area contributed by atoms with Crippen LogP contribution in [-0.2, 0) is 11.3 Å². The Kier molecular flexibility index (Phi) is 4.84. The number of carbonyl (C=O) groups is 1. The molecule has 0 aliphatic rings. The molecule has 1 aromatic carbocycles. The molecule has 0 radical (unpaired) electrons. The summed E-state index contributed by atoms with van der Waals surface area (Å²) in [5.41, 5.74) is 0.556. The number of carbonyl (C=O) groups excluding carboxylic acids is 1. The van der Waals surface area contributed by atoms with Crippen molar-refractivity contribution in [1.29, 1.82) is 0 Å². The zero-order valence-corrected chi connectivity index (χ0v) is 12.1. The zero-order valence-electron chi connectivity index (χ0n) is 12.1. The van der Waals surface area contributed by atoms with Gasteiger partial charge >= 0.3 is 0 Å². The lowest BCUT2D eigenvalue weighted by Gasteiger charge is -2.09. The fourth-order valence-electron chi connectivity index (χ4n) is 1.79. The van der Waals surface area contributed by atoms with Gasteiger partial charge in [0.15, 0.2) is 5.76 Å². The third kappa shape index (κ3) is 3.76. The number of amides is 1. The van der Waals surface area contributed by atoms with Gasteiger partial charge in [-0.1, -0.05) is 0 Å². The van der Waals surface area contributed by atoms with Crippen LogP contribution in [0.15, 0.2) is 34.7 Å². The number of hydrogen-bond donors (Lipinski definition) is 1. The first-order valence-corrected chi connectivity index (χ1v) is 6.28. The first-order valence-electron chi connectivity index (χ1n) is 6.28. The van der Waals surface area contributed by atoms with Gasteiger partial charge in [-0.05, 0) is 12.1 Å². The molecule has 6 nitrogen and oxygen atoms in total. The van der Waals surface area contributed by atoms with Crippen molar-refractivity contribution in [3.05, 3.63) is 41.9 Å². The number of rotatable bonds is 6. The minimum atomic E-state index is -0.354. The van der Waals surface area contributed by atoms with Crippen LogP contribution in [0, 0.1) is 0 Å². The zero-order chi connectivity index (χ0) is 15.2. The van der Waals surface area contributed by atoms with E-state index in [2.05, 4.69) is 5.32 Å². The Hall–Kier alpha value is -2.47. The molecule has 1 N–H and O–H groups in total. The van der Waals surface area contributed by atoms with Gasteiger partial charge < -0.3 is 23.9 Å². The van der Waals surface area contributed by atoms with E-state index in [9.17, 15) is 4.79 Å². The normalized spacial score (nSPS) is 10.2. The fourth-order valence-corrected chi connectivity index (χ4v) is 1.79. The molecule has 0 aliphatic heterocycles. The molecule has 1 heterocycles. The van der Waals surface area contributed by atoms with Crippen LogP contribution >= 0.6 is 0 Å². The predicted molar refractivity (Wildman–Crippen MR) is 76.9 cm³/mol. The highest BCUT2D eigenvalue weighted by Gasteiger charge is 2.12. The smallest absolute Gasteiger partial charge is 0.291 e. The van der Waals surface area contributed by atoms with Crippen molar-refractivity contribution in [1.82, 2.24) is 0 Å². The molecule has 0 bridgehead atoms. The summed E-state index contributed by atoms with van der Waals surface area (Å²) >= 11 is 0. The highest BCUT2D eigenvalue weighted by Crippen LogP contribution is 2.26. The predicted octanol–water partition coefficient (Wildman–Crippen LogP) is 2.70. The van der Waals surface area contributed by atoms with Gasteiger partial charge in [-0.2, -0.15) is 0 Å². The Morgan fingerprint density at radius 2 is 1.76 bits per heavy atom. The van der Waals surface area contributed by atoms with Crippen LogP contribution in [0.5, 0.6) is 11.5 Å². The van der Waals surface area contributed by atoms with Gasteiger partial charge in [0, 0.05) is 31.0 Å². The molecule has 112 valence electrons. The number of nitrogens with one attached hydrogen (secondary N) is 1. The molecule has 2 rings (SSSR count). The van der Waals surface area contributed by atoms with Crippen molar-refractivity contribution in [3.63, 3.8) is 0 Å². The van der Waals surface area contributed by atoms with Gasteiger partial charge in [-0.3, -0.25) is 4.79 Å². The van der Waals surface area contributed by atoms with Gasteiger partial charge in [0.25, 0.3) is 5.91 Å². The van der Waals surface area contributed by atoms with Gasteiger partial charge in [-0.15, -0.1) is 0 Å². The standard InChI is InChI=1S/C15H17NO5/c1-18-9-11-4-5-14(21-11)15(17)16-10-6-12(19-2)8-13(7-10)20-3/h4-8H,9H2,1-3H3,(H,16,17). The van der Waals surface area contributed by atoms with Crippen LogP contribution < -0.4 is 14.8 Å². The average molecular weight is 291 g/mol. The second-order valence-electron chi connectivity index (χ2n) is 4.25. The molecule has 0 saturated carbocycles. The second kappa shape index (κ2) is 6.81. The fraction of sp³-hybridized carbons (Fsp3) is 0.267. The van der Waals surface area contributed by atoms with Crippen LogP contribution in [0.4, 0.5) is 5.69 Å². The van der Waals surface area contributed by atoms with E-state index in [4.69, 9.17) is 18.6 Å². The van der Waals surface area contributed by atoms with Crippen LogP contribution in [0.2, 0.25) is 0 Å². The Balaban J connectivity index is 2.14. The van der Waals surface area contributed by atoms with Crippen molar-refractivity contribution in [2.45, 2.75) is 6.61 Å². The van der Waals surface area contributed by atoms with Crippen molar-refractivity contribution in [3.8, 4) is 11.5 Å². The number of methoxy groups -OCH3 is 3. The largest absolute Gasteiger partial charge is 0.497 e. The number of hydrogen-bond acceptors (Lipinski definition) is 5. The highest BCUT2D eigenvalue weighted by atomic mass is 16.5. The molecular formula is C15H17NO5. The summed E-state index contributed by atoms with van der Waals surface area (Å²) in [6.07, 6.45) is 0. The van der Waals surface area contributed by atoms with Gasteiger partial charge in [0.2, 0.25) is 0 Å². The number of benzene rings is 1. The Bertz CT molecular complexity index is 598. The van der Waals surface area contributed by atoms with E-state index >= 15 is 0 Å². The van der Waals surface area contributed by atoms with Crippen LogP contribution in [0.3, 0.4) is 0 Å². The van der Waals surface area contributed by atoms with Crippen LogP contribution in [0.1, 0.15) is 16.3 Å². The Labute approximate surface area is 122 Å². The van der Waals surface area contributed by atoms with Crippen LogP contribution in [-0.4, -0.2) is 27.2 Å². The molecule has 2 aromatic rings. The molecule has 0 atom stereocenters. The molecule has 0 spiro atoms. The van der Waals surface area contributed by atoms with E-state index in [0.717, 1.165) is 0 Å². The maximum atomic E-state index is 12.1. The van der Waals surface area contributed by atoms with Crippen molar-refractivity contribution >= 4 is 11.6 Å². The van der Waals surface area contributed by atoms with E-state index in [1.165, 1.54) is 0 Å². The summed E-state index contributed by atoms with van der Waals surface area (Å²) < 4.78 is 20.6. The first-order chi connectivity index (χ1) is 10.2. The van der Waals surface area contributed by atoms with Crippen LogP contribution in [0.25, 0.3) is 0 Å². The molecule has 0 saturated heterocycles. The summed E-state index contributed by atoms with van der Waals surface area (Å²) in [6.45, 7) is 0.320. The SMILES string of the molecule is COCc1ccc(C(=O)Nc2cc(OC)cc(OC)c2)o1. The van der Waals surface area contributed by atoms with E-state index < -0.39 is 0 Å². The average Bonchev–Trinajstić information content (AvgIpc) is 2.96. The molecular weight excluding hydrogens is 274 g/mol. The molecule has 1 amide bonds. The lowest BCUT2D eigenvalue weighted by atomic mass is 10.2. The molecule has 0 unspecified atom stereocenters. The summed E-state index contributed by atoms with van der Waals surface area (Å²) in [4.78, 5) is 12.1. The summed E-state index contributed by atoms with van der Waals surface area (Å²) in [7, 11) is 4.65. The Morgan fingerprint density at radius 3 is 2.33 bits per heavy atom. The van der Waals surface area contributed by atoms with Crippen molar-refractivity contribution < 1.29 is 23.4 Å². The third-order valence-electron chi connectivity index (χ3n) is 2.78. The molecule has 6 heteroatoms. The molecule has 0 aliphatic carbocycles. The van der Waals surface area contributed by atoms with E-state index in [1.807, 2.05) is 0 Å². The molecule has 1 aromatic heterocycles. The van der Waals surface area contributed by atoms with Crippen molar-refractivity contribution in [2.75, 3.05) is 26.6 Å². The number of furan rings is 1. The quantitative estimate of drug-likeness (QED) is 0.886. The van der Waals surface area contributed by atoms with Gasteiger partial charge in [-0.25, -0.2) is 0 Å².